The van der Waals surface area contributed by atoms with E-state index in [0.717, 1.165) is 0 Å². The topological polar surface area (TPSA) is 89.8 Å². The molecule has 162 valence electrons. The first-order chi connectivity index (χ1) is 14.8. The Morgan fingerprint density at radius 3 is 2.35 bits per heavy atom. The lowest BCUT2D eigenvalue weighted by Crippen LogP contribution is -2.20. The second-order valence-electron chi connectivity index (χ2n) is 7.96. The molecule has 2 N–H and O–H groups in total. The van der Waals surface area contributed by atoms with Crippen molar-refractivity contribution in [2.45, 2.75) is 26.2 Å². The number of hydrogen-bond acceptors (Lipinski definition) is 5. The van der Waals surface area contributed by atoms with Crippen LogP contribution in [-0.4, -0.2) is 25.5 Å². The highest BCUT2D eigenvalue weighted by atomic mass is 16.5. The molecule has 31 heavy (non-hydrogen) atoms. The van der Waals surface area contributed by atoms with E-state index in [0.29, 0.717) is 22.9 Å². The molecule has 0 unspecified atom stereocenters. The predicted molar refractivity (Wildman–Crippen MR) is 119 cm³/mol. The predicted octanol–water partition coefficient (Wildman–Crippen LogP) is 4.86. The lowest BCUT2D eigenvalue weighted by molar-refractivity contribution is -0.118. The molecule has 0 fully saturated rings. The Kier molecular flexibility index (Phi) is 6.65. The summed E-state index contributed by atoms with van der Waals surface area (Å²) in [4.78, 5) is 24.4. The quantitative estimate of drug-likeness (QED) is 0.568. The summed E-state index contributed by atoms with van der Waals surface area (Å²) in [5.74, 6) is 0.500. The Bertz CT molecular complexity index is 1030. The Balaban J connectivity index is 1.57. The highest BCUT2D eigenvalue weighted by molar-refractivity contribution is 6.03. The van der Waals surface area contributed by atoms with Gasteiger partial charge in [0.1, 0.15) is 11.5 Å². The van der Waals surface area contributed by atoms with Gasteiger partial charge in [0.15, 0.2) is 12.4 Å². The van der Waals surface area contributed by atoms with Crippen LogP contribution in [0.2, 0.25) is 0 Å². The van der Waals surface area contributed by atoms with Crippen LogP contribution in [0.1, 0.15) is 36.9 Å². The van der Waals surface area contributed by atoms with Crippen molar-refractivity contribution in [2.75, 3.05) is 24.4 Å². The molecule has 0 aliphatic rings. The Labute approximate surface area is 181 Å². The maximum Gasteiger partial charge on any atom is 0.291 e. The van der Waals surface area contributed by atoms with Crippen molar-refractivity contribution in [1.82, 2.24) is 0 Å². The standard InChI is InChI=1S/C24H26N2O5/c1-24(2,3)16-7-10-18(11-8-16)31-15-22(27)25-17-9-12-19(21(14-17)29-4)26-23(28)20-6-5-13-30-20/h5-14H,15H2,1-4H3,(H,25,27)(H,26,28). The first-order valence-electron chi connectivity index (χ1n) is 9.82. The van der Waals surface area contributed by atoms with E-state index in [1.54, 1.807) is 30.3 Å². The van der Waals surface area contributed by atoms with E-state index in [9.17, 15) is 9.59 Å². The Morgan fingerprint density at radius 1 is 1.00 bits per heavy atom. The second-order valence-corrected chi connectivity index (χ2v) is 7.96. The van der Waals surface area contributed by atoms with E-state index in [1.165, 1.54) is 18.9 Å². The fourth-order valence-corrected chi connectivity index (χ4v) is 2.86. The lowest BCUT2D eigenvalue weighted by Gasteiger charge is -2.19. The highest BCUT2D eigenvalue weighted by Crippen LogP contribution is 2.29. The number of furan rings is 1. The number of hydrogen-bond donors (Lipinski definition) is 2. The monoisotopic (exact) mass is 422 g/mol. The van der Waals surface area contributed by atoms with Gasteiger partial charge in [0, 0.05) is 11.8 Å². The summed E-state index contributed by atoms with van der Waals surface area (Å²) in [6, 6.07) is 15.8. The normalized spacial score (nSPS) is 11.0. The van der Waals surface area contributed by atoms with Crippen molar-refractivity contribution in [2.24, 2.45) is 0 Å². The number of rotatable bonds is 7. The summed E-state index contributed by atoms with van der Waals surface area (Å²) in [6.45, 7) is 6.28. The van der Waals surface area contributed by atoms with Gasteiger partial charge in [-0.15, -0.1) is 0 Å². The molecule has 3 aromatic rings. The number of ether oxygens (including phenoxy) is 2. The molecule has 1 aromatic heterocycles. The van der Waals surface area contributed by atoms with Gasteiger partial charge in [0.25, 0.3) is 11.8 Å². The second kappa shape index (κ2) is 9.38. The molecule has 2 amide bonds. The molecule has 0 radical (unpaired) electrons. The molecule has 0 atom stereocenters. The summed E-state index contributed by atoms with van der Waals surface area (Å²) in [5, 5.41) is 5.47. The molecule has 0 spiro atoms. The minimum atomic E-state index is -0.397. The zero-order valence-electron chi connectivity index (χ0n) is 18.0. The fourth-order valence-electron chi connectivity index (χ4n) is 2.86. The van der Waals surface area contributed by atoms with Gasteiger partial charge in [-0.3, -0.25) is 9.59 Å². The molecule has 0 saturated heterocycles. The van der Waals surface area contributed by atoms with E-state index >= 15 is 0 Å². The molecule has 3 rings (SSSR count). The van der Waals surface area contributed by atoms with Crippen molar-refractivity contribution in [1.29, 1.82) is 0 Å². The van der Waals surface area contributed by atoms with Gasteiger partial charge >= 0.3 is 0 Å². The van der Waals surface area contributed by atoms with Crippen LogP contribution in [-0.2, 0) is 10.2 Å². The van der Waals surface area contributed by atoms with Crippen LogP contribution in [0, 0.1) is 0 Å². The van der Waals surface area contributed by atoms with Gasteiger partial charge in [-0.1, -0.05) is 32.9 Å². The van der Waals surface area contributed by atoms with Crippen LogP contribution >= 0.6 is 0 Å². The van der Waals surface area contributed by atoms with Crippen molar-refractivity contribution >= 4 is 23.2 Å². The van der Waals surface area contributed by atoms with Crippen LogP contribution in [0.15, 0.2) is 65.3 Å². The van der Waals surface area contributed by atoms with E-state index in [-0.39, 0.29) is 23.7 Å². The van der Waals surface area contributed by atoms with Crippen molar-refractivity contribution in [3.63, 3.8) is 0 Å². The summed E-state index contributed by atoms with van der Waals surface area (Å²) >= 11 is 0. The molecule has 2 aromatic carbocycles. The summed E-state index contributed by atoms with van der Waals surface area (Å²) in [6.07, 6.45) is 1.42. The van der Waals surface area contributed by atoms with Crippen molar-refractivity contribution < 1.29 is 23.5 Å². The molecular weight excluding hydrogens is 396 g/mol. The SMILES string of the molecule is COc1cc(NC(=O)COc2ccc(C(C)(C)C)cc2)ccc1NC(=O)c1ccco1. The number of carbonyl (C=O) groups excluding carboxylic acids is 2. The molecule has 1 heterocycles. The number of benzene rings is 2. The zero-order chi connectivity index (χ0) is 22.4. The van der Waals surface area contributed by atoms with Crippen molar-refractivity contribution in [3.8, 4) is 11.5 Å². The fraction of sp³-hybridized carbons (Fsp3) is 0.250. The van der Waals surface area contributed by atoms with Gasteiger partial charge in [-0.25, -0.2) is 0 Å². The first-order valence-corrected chi connectivity index (χ1v) is 9.82. The number of carbonyl (C=O) groups is 2. The van der Waals surface area contributed by atoms with Gasteiger partial charge in [0.2, 0.25) is 0 Å². The number of amides is 2. The third-order valence-corrected chi connectivity index (χ3v) is 4.57. The van der Waals surface area contributed by atoms with Crippen LogP contribution < -0.4 is 20.1 Å². The number of anilines is 2. The number of methoxy groups -OCH3 is 1. The third kappa shape index (κ3) is 5.88. The van der Waals surface area contributed by atoms with Crippen LogP contribution in [0.3, 0.4) is 0 Å². The van der Waals surface area contributed by atoms with E-state index < -0.39 is 5.91 Å². The van der Waals surface area contributed by atoms with Gasteiger partial charge in [0.05, 0.1) is 19.1 Å². The minimum absolute atomic E-state index is 0.0541. The first kappa shape index (κ1) is 22.0. The van der Waals surface area contributed by atoms with E-state index in [4.69, 9.17) is 13.9 Å². The molecule has 0 aliphatic carbocycles. The van der Waals surface area contributed by atoms with Gasteiger partial charge < -0.3 is 24.5 Å². The van der Waals surface area contributed by atoms with Crippen LogP contribution in [0.25, 0.3) is 0 Å². The molecule has 0 aliphatic heterocycles. The highest BCUT2D eigenvalue weighted by Gasteiger charge is 2.15. The molecule has 0 saturated carbocycles. The van der Waals surface area contributed by atoms with Gasteiger partial charge in [-0.05, 0) is 47.4 Å². The Morgan fingerprint density at radius 2 is 1.74 bits per heavy atom. The van der Waals surface area contributed by atoms with E-state index in [2.05, 4.69) is 31.4 Å². The molecule has 7 nitrogen and oxygen atoms in total. The zero-order valence-corrected chi connectivity index (χ0v) is 18.0. The molecular formula is C24H26N2O5. The number of nitrogens with one attached hydrogen (secondary N) is 2. The Hall–Kier alpha value is -3.74. The maximum atomic E-state index is 12.3. The maximum absolute atomic E-state index is 12.3. The van der Waals surface area contributed by atoms with Crippen LogP contribution in [0.5, 0.6) is 11.5 Å². The van der Waals surface area contributed by atoms with Crippen molar-refractivity contribution in [3.05, 3.63) is 72.2 Å². The average molecular weight is 422 g/mol. The minimum Gasteiger partial charge on any atom is -0.494 e. The lowest BCUT2D eigenvalue weighted by atomic mass is 9.87. The molecule has 0 bridgehead atoms. The largest absolute Gasteiger partial charge is 0.494 e. The smallest absolute Gasteiger partial charge is 0.291 e. The average Bonchev–Trinajstić information content (AvgIpc) is 3.28. The third-order valence-electron chi connectivity index (χ3n) is 4.57. The van der Waals surface area contributed by atoms with Crippen LogP contribution in [0.4, 0.5) is 11.4 Å². The molecule has 7 heteroatoms. The summed E-state index contributed by atoms with van der Waals surface area (Å²) < 4.78 is 16.0. The summed E-state index contributed by atoms with van der Waals surface area (Å²) in [7, 11) is 1.48. The summed E-state index contributed by atoms with van der Waals surface area (Å²) in [5.41, 5.74) is 2.22. The van der Waals surface area contributed by atoms with Gasteiger partial charge in [-0.2, -0.15) is 0 Å². The van der Waals surface area contributed by atoms with E-state index in [1.807, 2.05) is 24.3 Å².